The second-order valence-electron chi connectivity index (χ2n) is 6.77. The molecule has 1 aromatic carbocycles. The van der Waals surface area contributed by atoms with Crippen molar-refractivity contribution in [2.45, 2.75) is 39.3 Å². The molecule has 0 bridgehead atoms. The third-order valence-electron chi connectivity index (χ3n) is 4.40. The Bertz CT molecular complexity index is 591. The van der Waals surface area contributed by atoms with E-state index in [4.69, 9.17) is 0 Å². The van der Waals surface area contributed by atoms with Crippen LogP contribution >= 0.6 is 0 Å². The Morgan fingerprint density at radius 2 is 2.17 bits per heavy atom. The highest BCUT2D eigenvalue weighted by Crippen LogP contribution is 2.19. The number of piperidine rings is 1. The Balaban J connectivity index is 1.94. The summed E-state index contributed by atoms with van der Waals surface area (Å²) >= 11 is 0. The number of benzene rings is 1. The lowest BCUT2D eigenvalue weighted by molar-refractivity contribution is -0.144. The highest BCUT2D eigenvalue weighted by Gasteiger charge is 2.30. The minimum absolute atomic E-state index is 0.168. The number of carboxylic acid groups (broad SMARTS) is 1. The van der Waals surface area contributed by atoms with Gasteiger partial charge in [-0.1, -0.05) is 26.0 Å². The van der Waals surface area contributed by atoms with Crippen molar-refractivity contribution >= 4 is 11.9 Å². The maximum atomic E-state index is 13.3. The van der Waals surface area contributed by atoms with Crippen molar-refractivity contribution in [2.24, 2.45) is 11.8 Å². The van der Waals surface area contributed by atoms with Crippen molar-refractivity contribution in [2.75, 3.05) is 13.1 Å². The zero-order chi connectivity index (χ0) is 17.7. The molecule has 132 valence electrons. The molecule has 2 atom stereocenters. The summed E-state index contributed by atoms with van der Waals surface area (Å²) in [6, 6.07) is 5.60. The van der Waals surface area contributed by atoms with E-state index in [2.05, 4.69) is 10.2 Å². The summed E-state index contributed by atoms with van der Waals surface area (Å²) in [5.41, 5.74) is 0.877. The van der Waals surface area contributed by atoms with Gasteiger partial charge in [-0.25, -0.2) is 9.18 Å². The van der Waals surface area contributed by atoms with Gasteiger partial charge in [-0.2, -0.15) is 0 Å². The molecule has 2 N–H and O–H groups in total. The lowest BCUT2D eigenvalue weighted by Crippen LogP contribution is -2.49. The number of hydrogen-bond donors (Lipinski definition) is 2. The summed E-state index contributed by atoms with van der Waals surface area (Å²) < 4.78 is 13.3. The van der Waals surface area contributed by atoms with Crippen LogP contribution in [-0.4, -0.2) is 41.0 Å². The van der Waals surface area contributed by atoms with Crippen LogP contribution in [0.25, 0.3) is 0 Å². The van der Waals surface area contributed by atoms with Crippen LogP contribution in [-0.2, 0) is 16.1 Å². The van der Waals surface area contributed by atoms with Crippen molar-refractivity contribution in [3.05, 3.63) is 35.6 Å². The van der Waals surface area contributed by atoms with Gasteiger partial charge in [0.15, 0.2) is 0 Å². The molecule has 0 aliphatic carbocycles. The predicted molar refractivity (Wildman–Crippen MR) is 88.8 cm³/mol. The summed E-state index contributed by atoms with van der Waals surface area (Å²) in [5.74, 6) is -1.88. The lowest BCUT2D eigenvalue weighted by Gasteiger charge is -2.33. The average molecular weight is 336 g/mol. The van der Waals surface area contributed by atoms with Crippen molar-refractivity contribution in [3.63, 3.8) is 0 Å². The average Bonchev–Trinajstić information content (AvgIpc) is 2.52. The van der Waals surface area contributed by atoms with Gasteiger partial charge in [-0.05, 0) is 43.0 Å². The molecule has 1 saturated heterocycles. The molecule has 2 rings (SSSR count). The monoisotopic (exact) mass is 336 g/mol. The van der Waals surface area contributed by atoms with Crippen molar-refractivity contribution < 1.29 is 19.1 Å². The molecule has 5 nitrogen and oxygen atoms in total. The fourth-order valence-corrected chi connectivity index (χ4v) is 3.09. The fourth-order valence-electron chi connectivity index (χ4n) is 3.09. The van der Waals surface area contributed by atoms with Crippen LogP contribution in [0.1, 0.15) is 32.3 Å². The third kappa shape index (κ3) is 5.03. The van der Waals surface area contributed by atoms with E-state index in [0.717, 1.165) is 24.9 Å². The lowest BCUT2D eigenvalue weighted by atomic mass is 9.95. The molecular weight excluding hydrogens is 311 g/mol. The Morgan fingerprint density at radius 3 is 2.79 bits per heavy atom. The number of carboxylic acids is 1. The van der Waals surface area contributed by atoms with Gasteiger partial charge >= 0.3 is 5.97 Å². The maximum Gasteiger partial charge on any atom is 0.326 e. The van der Waals surface area contributed by atoms with E-state index in [0.29, 0.717) is 13.1 Å². The third-order valence-corrected chi connectivity index (χ3v) is 4.40. The summed E-state index contributed by atoms with van der Waals surface area (Å²) in [4.78, 5) is 25.8. The van der Waals surface area contributed by atoms with Gasteiger partial charge in [0.2, 0.25) is 5.91 Å². The van der Waals surface area contributed by atoms with Crippen LogP contribution < -0.4 is 5.32 Å². The van der Waals surface area contributed by atoms with Gasteiger partial charge in [0.1, 0.15) is 11.9 Å². The SMILES string of the molecule is CC(C)[C@@H](NC(=O)[C@H]1CCCN(Cc2cccc(F)c2)C1)C(=O)O. The molecule has 1 aromatic rings. The minimum atomic E-state index is -1.01. The zero-order valence-corrected chi connectivity index (χ0v) is 14.2. The second-order valence-corrected chi connectivity index (χ2v) is 6.77. The van der Waals surface area contributed by atoms with Gasteiger partial charge in [0.25, 0.3) is 0 Å². The largest absolute Gasteiger partial charge is 0.480 e. The fraction of sp³-hybridized carbons (Fsp3) is 0.556. The second kappa shape index (κ2) is 8.24. The molecule has 6 heteroatoms. The molecule has 1 heterocycles. The number of nitrogens with zero attached hydrogens (tertiary/aromatic N) is 1. The van der Waals surface area contributed by atoms with Gasteiger partial charge in [-0.3, -0.25) is 9.69 Å². The molecule has 24 heavy (non-hydrogen) atoms. The first kappa shape index (κ1) is 18.4. The number of amides is 1. The highest BCUT2D eigenvalue weighted by atomic mass is 19.1. The zero-order valence-electron chi connectivity index (χ0n) is 14.2. The summed E-state index contributed by atoms with van der Waals surface area (Å²) in [7, 11) is 0. The molecule has 0 radical (unpaired) electrons. The first-order chi connectivity index (χ1) is 11.4. The van der Waals surface area contributed by atoms with E-state index >= 15 is 0 Å². The van der Waals surface area contributed by atoms with Gasteiger partial charge in [0.05, 0.1) is 5.92 Å². The van der Waals surface area contributed by atoms with Crippen LogP contribution in [0.2, 0.25) is 0 Å². The Hall–Kier alpha value is -1.95. The maximum absolute atomic E-state index is 13.3. The van der Waals surface area contributed by atoms with Crippen LogP contribution in [0.4, 0.5) is 4.39 Å². The Kier molecular flexibility index (Phi) is 6.31. The summed E-state index contributed by atoms with van der Waals surface area (Å²) in [6.07, 6.45) is 1.61. The number of aliphatic carboxylic acids is 1. The predicted octanol–water partition coefficient (Wildman–Crippen LogP) is 2.26. The standard InChI is InChI=1S/C18H25FN2O3/c1-12(2)16(18(23)24)20-17(22)14-6-4-8-21(11-14)10-13-5-3-7-15(19)9-13/h3,5,7,9,12,14,16H,4,6,8,10-11H2,1-2H3,(H,20,22)(H,23,24)/t14-,16+/m0/s1. The van der Waals surface area contributed by atoms with E-state index in [1.54, 1.807) is 19.9 Å². The molecule has 1 amide bonds. The number of carbonyl (C=O) groups excluding carboxylic acids is 1. The van der Waals surface area contributed by atoms with E-state index in [9.17, 15) is 19.1 Å². The quantitative estimate of drug-likeness (QED) is 0.836. The molecule has 1 aliphatic heterocycles. The highest BCUT2D eigenvalue weighted by molar-refractivity contribution is 5.85. The number of likely N-dealkylation sites (tertiary alicyclic amines) is 1. The van der Waals surface area contributed by atoms with Crippen molar-refractivity contribution in [3.8, 4) is 0 Å². The van der Waals surface area contributed by atoms with Gasteiger partial charge in [0, 0.05) is 13.1 Å². The minimum Gasteiger partial charge on any atom is -0.480 e. The molecule has 1 fully saturated rings. The molecule has 0 saturated carbocycles. The van der Waals surface area contributed by atoms with Crippen molar-refractivity contribution in [1.29, 1.82) is 0 Å². The Labute approximate surface area is 141 Å². The van der Waals surface area contributed by atoms with E-state index < -0.39 is 12.0 Å². The van der Waals surface area contributed by atoms with E-state index in [1.807, 2.05) is 6.07 Å². The van der Waals surface area contributed by atoms with E-state index in [1.165, 1.54) is 12.1 Å². The van der Waals surface area contributed by atoms with Crippen LogP contribution in [0.5, 0.6) is 0 Å². The number of rotatable bonds is 6. The molecule has 1 aliphatic rings. The number of hydrogen-bond acceptors (Lipinski definition) is 3. The van der Waals surface area contributed by atoms with E-state index in [-0.39, 0.29) is 23.6 Å². The first-order valence-corrected chi connectivity index (χ1v) is 8.36. The normalized spacial score (nSPS) is 19.9. The number of nitrogens with one attached hydrogen (secondary N) is 1. The van der Waals surface area contributed by atoms with Gasteiger partial charge < -0.3 is 10.4 Å². The van der Waals surface area contributed by atoms with Crippen molar-refractivity contribution in [1.82, 2.24) is 10.2 Å². The molecular formula is C18H25FN2O3. The number of carbonyl (C=O) groups is 2. The first-order valence-electron chi connectivity index (χ1n) is 8.36. The molecule has 0 unspecified atom stereocenters. The van der Waals surface area contributed by atoms with Crippen LogP contribution in [0.3, 0.4) is 0 Å². The molecule has 0 spiro atoms. The van der Waals surface area contributed by atoms with Gasteiger partial charge in [-0.15, -0.1) is 0 Å². The summed E-state index contributed by atoms with van der Waals surface area (Å²) in [6.45, 7) is 5.56. The Morgan fingerprint density at radius 1 is 1.42 bits per heavy atom. The summed E-state index contributed by atoms with van der Waals surface area (Å²) in [5, 5.41) is 11.9. The molecule has 0 aromatic heterocycles. The number of halogens is 1. The topological polar surface area (TPSA) is 69.6 Å². The van der Waals surface area contributed by atoms with Crippen LogP contribution in [0, 0.1) is 17.7 Å². The van der Waals surface area contributed by atoms with Crippen LogP contribution in [0.15, 0.2) is 24.3 Å². The smallest absolute Gasteiger partial charge is 0.326 e.